The summed E-state index contributed by atoms with van der Waals surface area (Å²) in [6.45, 7) is 12.8. The van der Waals surface area contributed by atoms with Gasteiger partial charge in [-0.1, -0.05) is 64.1 Å². The molecular weight excluding hydrogens is 592 g/mol. The first-order chi connectivity index (χ1) is 21.1. The number of amides is 1. The predicted octanol–water partition coefficient (Wildman–Crippen LogP) is 7.23. The van der Waals surface area contributed by atoms with Crippen molar-refractivity contribution in [1.29, 1.82) is 5.41 Å². The Kier molecular flexibility index (Phi) is 17.6. The zero-order valence-corrected chi connectivity index (χ0v) is 28.7. The molecule has 0 radical (unpaired) electrons. The molecule has 3 unspecified atom stereocenters. The third-order valence-electron chi connectivity index (χ3n) is 7.62. The van der Waals surface area contributed by atoms with E-state index in [1.807, 2.05) is 33.8 Å². The predicted molar refractivity (Wildman–Crippen MR) is 180 cm³/mol. The Labute approximate surface area is 273 Å². The normalized spacial score (nSPS) is 14.4. The van der Waals surface area contributed by atoms with Crippen LogP contribution >= 0.6 is 11.8 Å². The lowest BCUT2D eigenvalue weighted by Gasteiger charge is -2.35. The number of aromatic hydroxyl groups is 1. The van der Waals surface area contributed by atoms with Gasteiger partial charge in [-0.15, -0.1) is 12.3 Å². The molecular formula is C35H52N2O7S. The number of unbranched alkanes of at least 4 members (excludes halogenated alkanes) is 1. The van der Waals surface area contributed by atoms with E-state index in [9.17, 15) is 24.6 Å². The van der Waals surface area contributed by atoms with Gasteiger partial charge in [-0.3, -0.25) is 24.6 Å². The molecule has 0 aliphatic heterocycles. The van der Waals surface area contributed by atoms with Crippen LogP contribution in [0.5, 0.6) is 5.75 Å². The number of ether oxygens (including phenoxy) is 1. The number of phenols is 1. The monoisotopic (exact) mass is 644 g/mol. The summed E-state index contributed by atoms with van der Waals surface area (Å²) in [5.74, 6) is 1.02. The molecule has 250 valence electrons. The van der Waals surface area contributed by atoms with Crippen LogP contribution in [0.15, 0.2) is 35.7 Å². The standard InChI is InChI=1S/C35H52N2O7S/c1-9-11-12-18-43-37(32(40)20-25(5)10-2)30(24(3)4)22-31(44-26(6)38)33(36)45-19-17-28(23-35(7,8)34(41)42)21-27-13-15-29(39)16-14-27/h1,13-17,19,24-25,28,30-31,36,39H,10-12,18,20-23H2,2-8H3,(H,41,42)/b19-17+,36-33?/t25-,28?,30?,31?/m0/s1. The number of hydroxylamine groups is 2. The highest BCUT2D eigenvalue weighted by atomic mass is 32.2. The molecule has 45 heavy (non-hydrogen) atoms. The number of allylic oxidation sites excluding steroid dienone is 1. The van der Waals surface area contributed by atoms with Gasteiger partial charge in [0.25, 0.3) is 0 Å². The first-order valence-electron chi connectivity index (χ1n) is 15.6. The zero-order chi connectivity index (χ0) is 34.2. The Bertz CT molecular complexity index is 1170. The van der Waals surface area contributed by atoms with Gasteiger partial charge in [0.15, 0.2) is 6.10 Å². The third-order valence-corrected chi connectivity index (χ3v) is 8.43. The van der Waals surface area contributed by atoms with E-state index in [4.69, 9.17) is 21.4 Å². The van der Waals surface area contributed by atoms with E-state index in [1.54, 1.807) is 43.5 Å². The Morgan fingerprint density at radius 1 is 1.18 bits per heavy atom. The van der Waals surface area contributed by atoms with Gasteiger partial charge >= 0.3 is 11.9 Å². The average Bonchev–Trinajstić information content (AvgIpc) is 2.95. The van der Waals surface area contributed by atoms with Crippen molar-refractivity contribution < 1.29 is 34.2 Å². The molecule has 0 aromatic heterocycles. The largest absolute Gasteiger partial charge is 0.508 e. The number of hydrogen-bond donors (Lipinski definition) is 3. The molecule has 10 heteroatoms. The first-order valence-corrected chi connectivity index (χ1v) is 16.5. The summed E-state index contributed by atoms with van der Waals surface area (Å²) in [4.78, 5) is 43.4. The number of nitrogens with one attached hydrogen (secondary N) is 1. The zero-order valence-electron chi connectivity index (χ0n) is 27.9. The second-order valence-electron chi connectivity index (χ2n) is 12.6. The fourth-order valence-electron chi connectivity index (χ4n) is 4.67. The van der Waals surface area contributed by atoms with Crippen molar-refractivity contribution in [3.63, 3.8) is 0 Å². The number of carbonyl (C=O) groups excluding carboxylic acids is 2. The van der Waals surface area contributed by atoms with Crippen molar-refractivity contribution in [2.24, 2.45) is 23.2 Å². The Morgan fingerprint density at radius 2 is 1.82 bits per heavy atom. The topological polar surface area (TPSA) is 137 Å². The molecule has 1 aromatic carbocycles. The highest BCUT2D eigenvalue weighted by molar-refractivity contribution is 8.16. The molecule has 0 aliphatic rings. The van der Waals surface area contributed by atoms with E-state index in [0.29, 0.717) is 32.1 Å². The van der Waals surface area contributed by atoms with E-state index in [1.165, 1.54) is 12.0 Å². The van der Waals surface area contributed by atoms with Crippen molar-refractivity contribution in [2.75, 3.05) is 6.61 Å². The van der Waals surface area contributed by atoms with E-state index >= 15 is 0 Å². The highest BCUT2D eigenvalue weighted by Crippen LogP contribution is 2.31. The summed E-state index contributed by atoms with van der Waals surface area (Å²) in [5, 5.41) is 31.4. The molecule has 3 N–H and O–H groups in total. The molecule has 1 aromatic rings. The van der Waals surface area contributed by atoms with Crippen LogP contribution in [0.3, 0.4) is 0 Å². The number of benzene rings is 1. The molecule has 0 aliphatic carbocycles. The number of nitrogens with zero attached hydrogens (tertiary/aromatic N) is 1. The summed E-state index contributed by atoms with van der Waals surface area (Å²) >= 11 is 1.09. The molecule has 0 saturated heterocycles. The second-order valence-corrected chi connectivity index (χ2v) is 13.5. The van der Waals surface area contributed by atoms with E-state index in [2.05, 4.69) is 5.92 Å². The quantitative estimate of drug-likeness (QED) is 0.0338. The number of terminal acetylenes is 1. The number of carbonyl (C=O) groups is 3. The summed E-state index contributed by atoms with van der Waals surface area (Å²) in [5.41, 5.74) is -0.0500. The highest BCUT2D eigenvalue weighted by Gasteiger charge is 2.34. The van der Waals surface area contributed by atoms with Crippen molar-refractivity contribution in [3.8, 4) is 18.1 Å². The smallest absolute Gasteiger partial charge is 0.309 e. The minimum Gasteiger partial charge on any atom is -0.508 e. The van der Waals surface area contributed by atoms with Crippen LogP contribution in [-0.2, 0) is 30.4 Å². The van der Waals surface area contributed by atoms with Gasteiger partial charge < -0.3 is 14.9 Å². The SMILES string of the molecule is C#CCCCON(C(=O)C[C@@H](C)CC)C(CC(OC(C)=O)C(=N)S/C=C/C(Cc1ccc(O)cc1)CC(C)(C)C(=O)O)C(C)C. The van der Waals surface area contributed by atoms with Gasteiger partial charge in [-0.2, -0.15) is 0 Å². The number of thioether (sulfide) groups is 1. The summed E-state index contributed by atoms with van der Waals surface area (Å²) in [6, 6.07) is 6.30. The van der Waals surface area contributed by atoms with Gasteiger partial charge in [-0.05, 0) is 74.0 Å². The molecule has 0 fully saturated rings. The van der Waals surface area contributed by atoms with Crippen LogP contribution in [-0.4, -0.2) is 56.9 Å². The van der Waals surface area contributed by atoms with Gasteiger partial charge in [-0.25, -0.2) is 5.06 Å². The Balaban J connectivity index is 3.23. The van der Waals surface area contributed by atoms with Gasteiger partial charge in [0, 0.05) is 26.2 Å². The lowest BCUT2D eigenvalue weighted by molar-refractivity contribution is -0.209. The fraction of sp³-hybridized carbons (Fsp3) is 0.600. The van der Waals surface area contributed by atoms with E-state index < -0.39 is 29.5 Å². The summed E-state index contributed by atoms with van der Waals surface area (Å²) in [6.07, 6.45) is 9.63. The lowest BCUT2D eigenvalue weighted by Crippen LogP contribution is -2.47. The van der Waals surface area contributed by atoms with Crippen molar-refractivity contribution >= 4 is 34.7 Å². The lowest BCUT2D eigenvalue weighted by atomic mass is 9.80. The third kappa shape index (κ3) is 15.0. The minimum absolute atomic E-state index is 0.0714. The van der Waals surface area contributed by atoms with Gasteiger partial charge in [0.1, 0.15) is 10.8 Å². The Morgan fingerprint density at radius 3 is 2.36 bits per heavy atom. The molecule has 1 amide bonds. The fourth-order valence-corrected chi connectivity index (χ4v) is 5.42. The maximum Gasteiger partial charge on any atom is 0.309 e. The van der Waals surface area contributed by atoms with Crippen molar-refractivity contribution in [1.82, 2.24) is 5.06 Å². The first kappa shape index (κ1) is 39.7. The molecule has 1 rings (SSSR count). The van der Waals surface area contributed by atoms with Crippen LogP contribution in [0.4, 0.5) is 0 Å². The molecule has 4 atom stereocenters. The maximum atomic E-state index is 13.4. The van der Waals surface area contributed by atoms with Crippen LogP contribution < -0.4 is 0 Å². The molecule has 0 spiro atoms. The van der Waals surface area contributed by atoms with Crippen LogP contribution in [0.2, 0.25) is 0 Å². The number of esters is 1. The van der Waals surface area contributed by atoms with Crippen LogP contribution in [0, 0.1) is 40.9 Å². The maximum absolute atomic E-state index is 13.4. The van der Waals surface area contributed by atoms with Gasteiger partial charge in [0.05, 0.1) is 18.1 Å². The second kappa shape index (κ2) is 20.0. The number of carboxylic acids is 1. The summed E-state index contributed by atoms with van der Waals surface area (Å²) < 4.78 is 5.60. The van der Waals surface area contributed by atoms with Crippen molar-refractivity contribution in [3.05, 3.63) is 41.3 Å². The van der Waals surface area contributed by atoms with Crippen LogP contribution in [0.25, 0.3) is 0 Å². The Hall–Kier alpha value is -3.29. The van der Waals surface area contributed by atoms with E-state index in [0.717, 1.165) is 23.7 Å². The molecule has 9 nitrogen and oxygen atoms in total. The average molecular weight is 645 g/mol. The van der Waals surface area contributed by atoms with E-state index in [-0.39, 0.29) is 47.5 Å². The number of hydrogen-bond acceptors (Lipinski definition) is 8. The van der Waals surface area contributed by atoms with Crippen LogP contribution in [0.1, 0.15) is 92.6 Å². The van der Waals surface area contributed by atoms with Gasteiger partial charge in [0.2, 0.25) is 5.91 Å². The molecule has 0 heterocycles. The number of aliphatic carboxylic acids is 1. The minimum atomic E-state index is -0.986. The number of rotatable bonds is 20. The number of carboxylic acid groups (broad SMARTS) is 1. The molecule has 0 bridgehead atoms. The van der Waals surface area contributed by atoms with Crippen molar-refractivity contribution in [2.45, 2.75) is 106 Å². The number of phenolic OH excluding ortho intramolecular Hbond substituents is 1. The molecule has 0 saturated carbocycles. The summed E-state index contributed by atoms with van der Waals surface area (Å²) in [7, 11) is 0.